The quantitative estimate of drug-likeness (QED) is 0.403. The van der Waals surface area contributed by atoms with E-state index in [9.17, 15) is 5.26 Å². The molecule has 0 unspecified atom stereocenters. The third-order valence-electron chi connectivity index (χ3n) is 4.60. The third kappa shape index (κ3) is 3.31. The normalized spacial score (nSPS) is 10.6. The smallest absolute Gasteiger partial charge is 0.232 e. The average molecular weight is 385 g/mol. The van der Waals surface area contributed by atoms with Gasteiger partial charge in [0.25, 0.3) is 0 Å². The molecule has 0 bridgehead atoms. The van der Waals surface area contributed by atoms with E-state index in [0.29, 0.717) is 23.1 Å². The van der Waals surface area contributed by atoms with Gasteiger partial charge in [-0.05, 0) is 41.5 Å². The lowest BCUT2D eigenvalue weighted by atomic mass is 9.96. The Morgan fingerprint density at radius 1 is 0.964 bits per heavy atom. The molecule has 136 valence electrons. The van der Waals surface area contributed by atoms with Crippen molar-refractivity contribution in [3.05, 3.63) is 83.4 Å². The average Bonchev–Trinajstić information content (AvgIpc) is 2.73. The summed E-state index contributed by atoms with van der Waals surface area (Å²) in [4.78, 5) is 4.69. The van der Waals surface area contributed by atoms with E-state index in [1.807, 2.05) is 61.5 Å². The second kappa shape index (κ2) is 7.72. The third-order valence-corrected chi connectivity index (χ3v) is 4.85. The topological polar surface area (TPSA) is 45.9 Å². The van der Waals surface area contributed by atoms with Gasteiger partial charge in [0.2, 0.25) is 5.88 Å². The molecule has 0 fully saturated rings. The molecule has 1 aromatic heterocycles. The molecule has 0 saturated heterocycles. The van der Waals surface area contributed by atoms with Crippen molar-refractivity contribution in [1.82, 2.24) is 4.98 Å². The lowest BCUT2D eigenvalue weighted by Crippen LogP contribution is -2.01. The molecule has 0 atom stereocenters. The second-order valence-corrected chi connectivity index (χ2v) is 6.75. The van der Waals surface area contributed by atoms with Crippen LogP contribution in [0.4, 0.5) is 0 Å². The first kappa shape index (κ1) is 18.0. The van der Waals surface area contributed by atoms with Crippen molar-refractivity contribution < 1.29 is 4.74 Å². The first-order valence-corrected chi connectivity index (χ1v) is 9.41. The Balaban J connectivity index is 2.00. The molecule has 0 amide bonds. The number of aromatic nitrogens is 1. The predicted molar refractivity (Wildman–Crippen MR) is 114 cm³/mol. The number of rotatable bonds is 4. The zero-order valence-corrected chi connectivity index (χ0v) is 16.1. The largest absolute Gasteiger partial charge is 0.477 e. The SMILES string of the molecule is CCOc1nc(-c2cccc3ccccc23)cc(-c2ccc(Cl)cc2)c1C#N. The van der Waals surface area contributed by atoms with Crippen molar-refractivity contribution in [3.8, 4) is 34.3 Å². The maximum absolute atomic E-state index is 9.78. The summed E-state index contributed by atoms with van der Waals surface area (Å²) in [5, 5.41) is 12.7. The number of fused-ring (bicyclic) bond motifs is 1. The van der Waals surface area contributed by atoms with Crippen LogP contribution >= 0.6 is 11.6 Å². The standard InChI is InChI=1S/C24H17ClN2O/c1-2-28-24-22(15-26)21(17-10-12-18(25)13-11-17)14-23(27-24)20-9-5-7-16-6-3-4-8-19(16)20/h3-14H,2H2,1H3. The van der Waals surface area contributed by atoms with Crippen molar-refractivity contribution in [2.45, 2.75) is 6.92 Å². The summed E-state index contributed by atoms with van der Waals surface area (Å²) in [6.45, 7) is 2.32. The highest BCUT2D eigenvalue weighted by molar-refractivity contribution is 6.30. The Labute approximate surface area is 168 Å². The van der Waals surface area contributed by atoms with Crippen LogP contribution in [0.1, 0.15) is 12.5 Å². The molecule has 0 aliphatic rings. The van der Waals surface area contributed by atoms with E-state index >= 15 is 0 Å². The van der Waals surface area contributed by atoms with E-state index in [1.54, 1.807) is 0 Å². The minimum absolute atomic E-state index is 0.348. The van der Waals surface area contributed by atoms with Crippen LogP contribution in [-0.4, -0.2) is 11.6 Å². The number of ether oxygens (including phenoxy) is 1. The fourth-order valence-corrected chi connectivity index (χ4v) is 3.44. The predicted octanol–water partition coefficient (Wildman–Crippen LogP) is 6.49. The minimum Gasteiger partial charge on any atom is -0.477 e. The number of halogens is 1. The molecular weight excluding hydrogens is 368 g/mol. The van der Waals surface area contributed by atoms with Crippen LogP contribution in [0.5, 0.6) is 5.88 Å². The summed E-state index contributed by atoms with van der Waals surface area (Å²) in [5.74, 6) is 0.348. The fourth-order valence-electron chi connectivity index (χ4n) is 3.31. The van der Waals surface area contributed by atoms with E-state index in [0.717, 1.165) is 33.2 Å². The lowest BCUT2D eigenvalue weighted by molar-refractivity contribution is 0.326. The molecule has 1 heterocycles. The Bertz CT molecular complexity index is 1190. The Morgan fingerprint density at radius 3 is 2.46 bits per heavy atom. The maximum Gasteiger partial charge on any atom is 0.232 e. The van der Waals surface area contributed by atoms with Gasteiger partial charge in [0.05, 0.1) is 12.3 Å². The highest BCUT2D eigenvalue weighted by Crippen LogP contribution is 2.36. The van der Waals surface area contributed by atoms with Gasteiger partial charge in [-0.1, -0.05) is 66.2 Å². The summed E-state index contributed by atoms with van der Waals surface area (Å²) in [7, 11) is 0. The maximum atomic E-state index is 9.78. The van der Waals surface area contributed by atoms with Gasteiger partial charge >= 0.3 is 0 Å². The Kier molecular flexibility index (Phi) is 4.97. The van der Waals surface area contributed by atoms with Gasteiger partial charge in [0, 0.05) is 16.1 Å². The van der Waals surface area contributed by atoms with Crippen molar-refractivity contribution in [2.24, 2.45) is 0 Å². The van der Waals surface area contributed by atoms with Gasteiger partial charge in [-0.25, -0.2) is 4.98 Å². The molecule has 0 aliphatic carbocycles. The van der Waals surface area contributed by atoms with Crippen LogP contribution in [0.2, 0.25) is 5.02 Å². The van der Waals surface area contributed by atoms with Crippen molar-refractivity contribution in [1.29, 1.82) is 5.26 Å². The summed E-state index contributed by atoms with van der Waals surface area (Å²) in [6, 6.07) is 26.0. The van der Waals surface area contributed by atoms with Crippen LogP contribution < -0.4 is 4.74 Å². The molecule has 4 rings (SSSR count). The van der Waals surface area contributed by atoms with Crippen LogP contribution in [0.25, 0.3) is 33.2 Å². The number of hydrogen-bond acceptors (Lipinski definition) is 3. The summed E-state index contributed by atoms with van der Waals surface area (Å²) < 4.78 is 5.73. The Morgan fingerprint density at radius 2 is 1.71 bits per heavy atom. The molecule has 4 heteroatoms. The van der Waals surface area contributed by atoms with E-state index in [2.05, 4.69) is 29.3 Å². The van der Waals surface area contributed by atoms with Crippen LogP contribution in [0.3, 0.4) is 0 Å². The van der Waals surface area contributed by atoms with E-state index < -0.39 is 0 Å². The highest BCUT2D eigenvalue weighted by Gasteiger charge is 2.17. The van der Waals surface area contributed by atoms with Gasteiger partial charge < -0.3 is 4.74 Å². The molecule has 4 aromatic rings. The Hall–Kier alpha value is -3.35. The van der Waals surface area contributed by atoms with Crippen LogP contribution in [-0.2, 0) is 0 Å². The van der Waals surface area contributed by atoms with Gasteiger partial charge in [-0.2, -0.15) is 5.26 Å². The summed E-state index contributed by atoms with van der Waals surface area (Å²) in [6.07, 6.45) is 0. The number of nitrogens with zero attached hydrogens (tertiary/aromatic N) is 2. The number of pyridine rings is 1. The molecular formula is C24H17ClN2O. The molecule has 0 spiro atoms. The minimum atomic E-state index is 0.348. The molecule has 0 N–H and O–H groups in total. The van der Waals surface area contributed by atoms with E-state index in [4.69, 9.17) is 16.3 Å². The van der Waals surface area contributed by atoms with Gasteiger partial charge in [0.15, 0.2) is 0 Å². The number of hydrogen-bond donors (Lipinski definition) is 0. The van der Waals surface area contributed by atoms with Gasteiger partial charge in [-0.3, -0.25) is 0 Å². The van der Waals surface area contributed by atoms with E-state index in [-0.39, 0.29) is 0 Å². The van der Waals surface area contributed by atoms with Crippen molar-refractivity contribution >= 4 is 22.4 Å². The molecule has 3 aromatic carbocycles. The molecule has 0 saturated carbocycles. The molecule has 3 nitrogen and oxygen atoms in total. The fraction of sp³-hybridized carbons (Fsp3) is 0.0833. The summed E-state index contributed by atoms with van der Waals surface area (Å²) in [5.41, 5.74) is 3.86. The summed E-state index contributed by atoms with van der Waals surface area (Å²) >= 11 is 6.04. The monoisotopic (exact) mass is 384 g/mol. The number of nitriles is 1. The van der Waals surface area contributed by atoms with Gasteiger partial charge in [0.1, 0.15) is 11.6 Å². The van der Waals surface area contributed by atoms with Crippen molar-refractivity contribution in [3.63, 3.8) is 0 Å². The van der Waals surface area contributed by atoms with Gasteiger partial charge in [-0.15, -0.1) is 0 Å². The molecule has 28 heavy (non-hydrogen) atoms. The molecule has 0 aliphatic heterocycles. The zero-order valence-electron chi connectivity index (χ0n) is 15.3. The van der Waals surface area contributed by atoms with Crippen LogP contribution in [0, 0.1) is 11.3 Å². The number of benzene rings is 3. The lowest BCUT2D eigenvalue weighted by Gasteiger charge is -2.14. The van der Waals surface area contributed by atoms with E-state index in [1.165, 1.54) is 0 Å². The molecule has 0 radical (unpaired) electrons. The first-order valence-electron chi connectivity index (χ1n) is 9.03. The highest BCUT2D eigenvalue weighted by atomic mass is 35.5. The second-order valence-electron chi connectivity index (χ2n) is 6.31. The first-order chi connectivity index (χ1) is 13.7. The van der Waals surface area contributed by atoms with Crippen molar-refractivity contribution in [2.75, 3.05) is 6.61 Å². The zero-order chi connectivity index (χ0) is 19.5. The van der Waals surface area contributed by atoms with Crippen LogP contribution in [0.15, 0.2) is 72.8 Å².